The van der Waals surface area contributed by atoms with Crippen LogP contribution in [0.3, 0.4) is 0 Å². The molecule has 3 rings (SSSR count). The van der Waals surface area contributed by atoms with Gasteiger partial charge in [0.05, 0.1) is 30.9 Å². The van der Waals surface area contributed by atoms with Crippen LogP contribution in [0.15, 0.2) is 51.9 Å². The number of ether oxygens (including phenoxy) is 2. The summed E-state index contributed by atoms with van der Waals surface area (Å²) in [7, 11) is 2.91. The summed E-state index contributed by atoms with van der Waals surface area (Å²) >= 11 is 4.79. The molecule has 0 saturated carbocycles. The van der Waals surface area contributed by atoms with Crippen molar-refractivity contribution in [2.75, 3.05) is 14.2 Å². The molecule has 0 saturated heterocycles. The SMILES string of the molecule is COC(=O)Cn1c(=NC(=O)Cc2cccc(OC)c2)sc2cc(Br)ccc21. The van der Waals surface area contributed by atoms with E-state index in [1.165, 1.54) is 18.4 Å². The highest BCUT2D eigenvalue weighted by Crippen LogP contribution is 2.22. The Kier molecular flexibility index (Phi) is 6.08. The third kappa shape index (κ3) is 4.64. The maximum Gasteiger partial charge on any atom is 0.325 e. The van der Waals surface area contributed by atoms with E-state index in [1.54, 1.807) is 17.7 Å². The van der Waals surface area contributed by atoms with E-state index in [9.17, 15) is 9.59 Å². The molecule has 1 aromatic heterocycles. The van der Waals surface area contributed by atoms with Crippen molar-refractivity contribution < 1.29 is 19.1 Å². The Labute approximate surface area is 168 Å². The molecule has 0 aliphatic heterocycles. The summed E-state index contributed by atoms with van der Waals surface area (Å²) in [5.74, 6) is -0.0143. The number of carbonyl (C=O) groups is 2. The predicted molar refractivity (Wildman–Crippen MR) is 107 cm³/mol. The molecule has 0 fully saturated rings. The van der Waals surface area contributed by atoms with Crippen LogP contribution in [-0.2, 0) is 27.3 Å². The normalized spacial score (nSPS) is 11.6. The number of hydrogen-bond acceptors (Lipinski definition) is 5. The molecule has 2 aromatic carbocycles. The zero-order chi connectivity index (χ0) is 19.4. The summed E-state index contributed by atoms with van der Waals surface area (Å²) in [4.78, 5) is 29.0. The number of esters is 1. The van der Waals surface area contributed by atoms with Gasteiger partial charge in [-0.1, -0.05) is 39.4 Å². The van der Waals surface area contributed by atoms with E-state index >= 15 is 0 Å². The molecule has 0 unspecified atom stereocenters. The molecule has 0 bridgehead atoms. The van der Waals surface area contributed by atoms with E-state index in [2.05, 4.69) is 20.9 Å². The summed E-state index contributed by atoms with van der Waals surface area (Å²) in [6.45, 7) is -0.0105. The smallest absolute Gasteiger partial charge is 0.325 e. The van der Waals surface area contributed by atoms with Crippen LogP contribution in [0.4, 0.5) is 0 Å². The summed E-state index contributed by atoms with van der Waals surface area (Å²) < 4.78 is 13.5. The van der Waals surface area contributed by atoms with Crippen molar-refractivity contribution in [1.29, 1.82) is 0 Å². The highest BCUT2D eigenvalue weighted by Gasteiger charge is 2.12. The van der Waals surface area contributed by atoms with Gasteiger partial charge in [0.25, 0.3) is 5.91 Å². The number of hydrogen-bond donors (Lipinski definition) is 0. The Morgan fingerprint density at radius 1 is 1.19 bits per heavy atom. The van der Waals surface area contributed by atoms with Gasteiger partial charge in [-0.2, -0.15) is 4.99 Å². The minimum Gasteiger partial charge on any atom is -0.497 e. The average molecular weight is 449 g/mol. The first-order valence-electron chi connectivity index (χ1n) is 8.06. The zero-order valence-electron chi connectivity index (χ0n) is 14.8. The number of rotatable bonds is 5. The third-order valence-corrected chi connectivity index (χ3v) is 5.40. The Morgan fingerprint density at radius 2 is 2.00 bits per heavy atom. The highest BCUT2D eigenvalue weighted by molar-refractivity contribution is 9.10. The Balaban J connectivity index is 1.99. The molecule has 0 radical (unpaired) electrons. The first-order valence-corrected chi connectivity index (χ1v) is 9.67. The molecule has 0 spiro atoms. The predicted octanol–water partition coefficient (Wildman–Crippen LogP) is 3.32. The van der Waals surface area contributed by atoms with E-state index in [0.29, 0.717) is 10.6 Å². The molecule has 0 N–H and O–H groups in total. The van der Waals surface area contributed by atoms with Crippen LogP contribution in [0.25, 0.3) is 10.2 Å². The molecule has 27 heavy (non-hydrogen) atoms. The molecular weight excluding hydrogens is 432 g/mol. The number of methoxy groups -OCH3 is 2. The van der Waals surface area contributed by atoms with Crippen molar-refractivity contribution in [1.82, 2.24) is 4.57 Å². The second-order valence-electron chi connectivity index (χ2n) is 5.69. The fraction of sp³-hybridized carbons (Fsp3) is 0.211. The Bertz CT molecular complexity index is 1070. The van der Waals surface area contributed by atoms with Gasteiger partial charge >= 0.3 is 5.97 Å². The summed E-state index contributed by atoms with van der Waals surface area (Å²) in [5, 5.41) is 0. The van der Waals surface area contributed by atoms with Crippen LogP contribution in [0, 0.1) is 0 Å². The molecule has 0 aliphatic carbocycles. The highest BCUT2D eigenvalue weighted by atomic mass is 79.9. The zero-order valence-corrected chi connectivity index (χ0v) is 17.2. The van der Waals surface area contributed by atoms with Gasteiger partial charge in [-0.05, 0) is 35.9 Å². The standard InChI is InChI=1S/C19H17BrN2O4S/c1-25-14-5-3-4-12(8-14)9-17(23)21-19-22(11-18(24)26-2)15-7-6-13(20)10-16(15)27-19/h3-8,10H,9,11H2,1-2H3. The largest absolute Gasteiger partial charge is 0.497 e. The van der Waals surface area contributed by atoms with Crippen LogP contribution in [0.5, 0.6) is 5.75 Å². The fourth-order valence-corrected chi connectivity index (χ4v) is 4.18. The minimum absolute atomic E-state index is 0.0105. The molecule has 6 nitrogen and oxygen atoms in total. The second-order valence-corrected chi connectivity index (χ2v) is 7.62. The summed E-state index contributed by atoms with van der Waals surface area (Å²) in [5.41, 5.74) is 1.63. The van der Waals surface area contributed by atoms with Gasteiger partial charge in [-0.15, -0.1) is 0 Å². The van der Waals surface area contributed by atoms with E-state index in [-0.39, 0.29) is 18.9 Å². The van der Waals surface area contributed by atoms with Crippen LogP contribution in [0.1, 0.15) is 5.56 Å². The van der Waals surface area contributed by atoms with Gasteiger partial charge in [-0.25, -0.2) is 0 Å². The molecule has 1 heterocycles. The van der Waals surface area contributed by atoms with Crippen LogP contribution < -0.4 is 9.54 Å². The number of thiazole rings is 1. The van der Waals surface area contributed by atoms with Gasteiger partial charge in [0.15, 0.2) is 4.80 Å². The van der Waals surface area contributed by atoms with Crippen molar-refractivity contribution >= 4 is 49.4 Å². The van der Waals surface area contributed by atoms with Crippen LogP contribution >= 0.6 is 27.3 Å². The number of fused-ring (bicyclic) bond motifs is 1. The summed E-state index contributed by atoms with van der Waals surface area (Å²) in [6, 6.07) is 13.0. The number of amides is 1. The van der Waals surface area contributed by atoms with Crippen LogP contribution in [0.2, 0.25) is 0 Å². The average Bonchev–Trinajstić information content (AvgIpc) is 2.97. The van der Waals surface area contributed by atoms with Crippen molar-refractivity contribution in [3.8, 4) is 5.75 Å². The molecule has 0 aliphatic rings. The lowest BCUT2D eigenvalue weighted by Gasteiger charge is -2.04. The van der Waals surface area contributed by atoms with E-state index in [1.807, 2.05) is 36.4 Å². The van der Waals surface area contributed by atoms with Gasteiger partial charge in [0.2, 0.25) is 0 Å². The first-order chi connectivity index (χ1) is 13.0. The molecule has 140 valence electrons. The van der Waals surface area contributed by atoms with Crippen molar-refractivity contribution in [3.63, 3.8) is 0 Å². The van der Waals surface area contributed by atoms with Crippen molar-refractivity contribution in [2.24, 2.45) is 4.99 Å². The molecule has 0 atom stereocenters. The molecule has 8 heteroatoms. The van der Waals surface area contributed by atoms with Gasteiger partial charge < -0.3 is 14.0 Å². The maximum atomic E-state index is 12.5. The van der Waals surface area contributed by atoms with Gasteiger partial charge in [-0.3, -0.25) is 9.59 Å². The lowest BCUT2D eigenvalue weighted by molar-refractivity contribution is -0.141. The number of aromatic nitrogens is 1. The van der Waals surface area contributed by atoms with Crippen molar-refractivity contribution in [3.05, 3.63) is 57.3 Å². The Morgan fingerprint density at radius 3 is 2.74 bits per heavy atom. The topological polar surface area (TPSA) is 69.9 Å². The van der Waals surface area contributed by atoms with E-state index in [0.717, 1.165) is 20.3 Å². The lowest BCUT2D eigenvalue weighted by atomic mass is 10.1. The van der Waals surface area contributed by atoms with E-state index < -0.39 is 5.97 Å². The fourth-order valence-electron chi connectivity index (χ4n) is 2.58. The van der Waals surface area contributed by atoms with E-state index in [4.69, 9.17) is 9.47 Å². The molecule has 1 amide bonds. The molecule has 3 aromatic rings. The lowest BCUT2D eigenvalue weighted by Crippen LogP contribution is -2.22. The quantitative estimate of drug-likeness (QED) is 0.561. The monoisotopic (exact) mass is 448 g/mol. The number of halogens is 1. The first kappa shape index (κ1) is 19.3. The second kappa shape index (κ2) is 8.49. The minimum atomic E-state index is -0.403. The van der Waals surface area contributed by atoms with Gasteiger partial charge in [0, 0.05) is 4.47 Å². The van der Waals surface area contributed by atoms with Crippen molar-refractivity contribution in [2.45, 2.75) is 13.0 Å². The number of nitrogens with zero attached hydrogens (tertiary/aromatic N) is 2. The molecular formula is C19H17BrN2O4S. The number of benzene rings is 2. The summed E-state index contributed by atoms with van der Waals surface area (Å²) in [6.07, 6.45) is 0.146. The Hall–Kier alpha value is -2.45. The number of carbonyl (C=O) groups excluding carboxylic acids is 2. The maximum absolute atomic E-state index is 12.5. The third-order valence-electron chi connectivity index (χ3n) is 3.87. The van der Waals surface area contributed by atoms with Crippen LogP contribution in [-0.4, -0.2) is 30.7 Å². The van der Waals surface area contributed by atoms with Gasteiger partial charge in [0.1, 0.15) is 12.3 Å².